The molecular formula is C16H20FNO4. The molecule has 1 atom stereocenters. The van der Waals surface area contributed by atoms with E-state index in [2.05, 4.69) is 0 Å². The fourth-order valence-corrected chi connectivity index (χ4v) is 2.85. The molecule has 1 unspecified atom stereocenters. The van der Waals surface area contributed by atoms with E-state index in [0.717, 1.165) is 19.3 Å². The van der Waals surface area contributed by atoms with Crippen molar-refractivity contribution in [3.05, 3.63) is 29.6 Å². The molecule has 1 aromatic rings. The van der Waals surface area contributed by atoms with E-state index in [0.29, 0.717) is 13.0 Å². The molecule has 120 valence electrons. The number of halogens is 1. The second-order valence-corrected chi connectivity index (χ2v) is 5.40. The number of carbonyl (C=O) groups is 2. The molecule has 1 aliphatic rings. The lowest BCUT2D eigenvalue weighted by Crippen LogP contribution is -2.44. The Hall–Kier alpha value is -2.11. The van der Waals surface area contributed by atoms with Crippen molar-refractivity contribution in [1.82, 2.24) is 4.90 Å². The fraction of sp³-hybridized carbons (Fsp3) is 0.500. The molecule has 2 rings (SSSR count). The van der Waals surface area contributed by atoms with E-state index in [9.17, 15) is 14.0 Å². The first-order valence-electron chi connectivity index (χ1n) is 7.40. The van der Waals surface area contributed by atoms with Crippen LogP contribution < -0.4 is 4.74 Å². The molecule has 0 aliphatic carbocycles. The second-order valence-electron chi connectivity index (χ2n) is 5.40. The quantitative estimate of drug-likeness (QED) is 0.908. The summed E-state index contributed by atoms with van der Waals surface area (Å²) in [6, 6.07) is 4.32. The van der Waals surface area contributed by atoms with Crippen LogP contribution in [-0.4, -0.2) is 41.6 Å². The molecule has 0 aromatic heterocycles. The Labute approximate surface area is 128 Å². The number of hydrogen-bond donors (Lipinski definition) is 1. The average molecular weight is 309 g/mol. The highest BCUT2D eigenvalue weighted by Gasteiger charge is 2.29. The average Bonchev–Trinajstić information content (AvgIpc) is 2.52. The number of ether oxygens (including phenoxy) is 1. The molecule has 0 saturated carbocycles. The summed E-state index contributed by atoms with van der Waals surface area (Å²) in [4.78, 5) is 25.0. The molecule has 22 heavy (non-hydrogen) atoms. The topological polar surface area (TPSA) is 66.8 Å². The molecule has 1 N–H and O–H groups in total. The van der Waals surface area contributed by atoms with Crippen LogP contribution in [0.1, 0.15) is 42.5 Å². The molecule has 0 radical (unpaired) electrons. The summed E-state index contributed by atoms with van der Waals surface area (Å²) in [6.07, 6.45) is 2.96. The SMILES string of the molecule is COc1cccc(C(=O)N2CCCCC2CCC(=O)O)c1F. The van der Waals surface area contributed by atoms with Crippen LogP contribution >= 0.6 is 0 Å². The van der Waals surface area contributed by atoms with Gasteiger partial charge < -0.3 is 14.7 Å². The zero-order chi connectivity index (χ0) is 16.1. The van der Waals surface area contributed by atoms with Crippen molar-refractivity contribution in [3.63, 3.8) is 0 Å². The van der Waals surface area contributed by atoms with Crippen LogP contribution in [0.15, 0.2) is 18.2 Å². The maximum atomic E-state index is 14.3. The maximum absolute atomic E-state index is 14.3. The molecule has 1 aromatic carbocycles. The van der Waals surface area contributed by atoms with E-state index in [1.54, 1.807) is 11.0 Å². The lowest BCUT2D eigenvalue weighted by molar-refractivity contribution is -0.137. The van der Waals surface area contributed by atoms with Crippen molar-refractivity contribution < 1.29 is 23.8 Å². The van der Waals surface area contributed by atoms with Crippen LogP contribution in [-0.2, 0) is 4.79 Å². The largest absolute Gasteiger partial charge is 0.494 e. The summed E-state index contributed by atoms with van der Waals surface area (Å²) in [5.74, 6) is -1.92. The minimum absolute atomic E-state index is 0.00897. The van der Waals surface area contributed by atoms with E-state index in [1.807, 2.05) is 0 Å². The molecule has 1 fully saturated rings. The number of piperidine rings is 1. The normalized spacial score (nSPS) is 18.1. The Bertz CT molecular complexity index is 561. The molecule has 0 spiro atoms. The van der Waals surface area contributed by atoms with E-state index < -0.39 is 17.7 Å². The molecule has 5 nitrogen and oxygen atoms in total. The van der Waals surface area contributed by atoms with E-state index in [4.69, 9.17) is 9.84 Å². The van der Waals surface area contributed by atoms with Crippen molar-refractivity contribution in [2.75, 3.05) is 13.7 Å². The number of methoxy groups -OCH3 is 1. The number of likely N-dealkylation sites (tertiary alicyclic amines) is 1. The number of hydrogen-bond acceptors (Lipinski definition) is 3. The number of amides is 1. The summed E-state index contributed by atoms with van der Waals surface area (Å²) in [6.45, 7) is 0.528. The smallest absolute Gasteiger partial charge is 0.303 e. The number of nitrogens with zero attached hydrogens (tertiary/aromatic N) is 1. The number of carboxylic acid groups (broad SMARTS) is 1. The Balaban J connectivity index is 2.20. The summed E-state index contributed by atoms with van der Waals surface area (Å²) in [7, 11) is 1.35. The van der Waals surface area contributed by atoms with Gasteiger partial charge in [0.1, 0.15) is 0 Å². The van der Waals surface area contributed by atoms with Crippen molar-refractivity contribution in [2.24, 2.45) is 0 Å². The molecule has 1 heterocycles. The Kier molecular flexibility index (Phi) is 5.35. The summed E-state index contributed by atoms with van der Waals surface area (Å²) in [5.41, 5.74) is -0.0263. The van der Waals surface area contributed by atoms with Crippen LogP contribution in [0.5, 0.6) is 5.75 Å². The highest BCUT2D eigenvalue weighted by atomic mass is 19.1. The number of carbonyl (C=O) groups excluding carboxylic acids is 1. The van der Waals surface area contributed by atoms with Crippen LogP contribution in [0.4, 0.5) is 4.39 Å². The Morgan fingerprint density at radius 1 is 1.41 bits per heavy atom. The van der Waals surface area contributed by atoms with Gasteiger partial charge >= 0.3 is 5.97 Å². The fourth-order valence-electron chi connectivity index (χ4n) is 2.85. The Morgan fingerprint density at radius 3 is 2.86 bits per heavy atom. The molecule has 0 bridgehead atoms. The third-order valence-electron chi connectivity index (χ3n) is 3.99. The zero-order valence-corrected chi connectivity index (χ0v) is 12.5. The number of carboxylic acids is 1. The van der Waals surface area contributed by atoms with E-state index in [1.165, 1.54) is 19.2 Å². The zero-order valence-electron chi connectivity index (χ0n) is 12.5. The van der Waals surface area contributed by atoms with Crippen molar-refractivity contribution in [1.29, 1.82) is 0 Å². The first kappa shape index (κ1) is 16.3. The number of rotatable bonds is 5. The van der Waals surface area contributed by atoms with Gasteiger partial charge in [-0.25, -0.2) is 4.39 Å². The van der Waals surface area contributed by atoms with Crippen molar-refractivity contribution >= 4 is 11.9 Å². The van der Waals surface area contributed by atoms with Crippen molar-refractivity contribution in [2.45, 2.75) is 38.1 Å². The van der Waals surface area contributed by atoms with Gasteiger partial charge in [0.15, 0.2) is 11.6 Å². The van der Waals surface area contributed by atoms with Crippen molar-refractivity contribution in [3.8, 4) is 5.75 Å². The molecule has 6 heteroatoms. The van der Waals surface area contributed by atoms with Crippen LogP contribution in [0, 0.1) is 5.82 Å². The minimum atomic E-state index is -0.884. The first-order chi connectivity index (χ1) is 10.5. The highest BCUT2D eigenvalue weighted by Crippen LogP contribution is 2.26. The lowest BCUT2D eigenvalue weighted by Gasteiger charge is -2.35. The van der Waals surface area contributed by atoms with E-state index in [-0.39, 0.29) is 23.8 Å². The van der Waals surface area contributed by atoms with Gasteiger partial charge in [0.25, 0.3) is 5.91 Å². The standard InChI is InChI=1S/C16H20FNO4/c1-22-13-7-4-6-12(15(13)17)16(21)18-10-3-2-5-11(18)8-9-14(19)20/h4,6-7,11H,2-3,5,8-10H2,1H3,(H,19,20). The third kappa shape index (κ3) is 3.55. The summed E-state index contributed by atoms with van der Waals surface area (Å²) < 4.78 is 19.2. The third-order valence-corrected chi connectivity index (χ3v) is 3.99. The number of benzene rings is 1. The predicted molar refractivity (Wildman–Crippen MR) is 78.5 cm³/mol. The van der Waals surface area contributed by atoms with Crippen LogP contribution in [0.3, 0.4) is 0 Å². The molecule has 1 amide bonds. The monoisotopic (exact) mass is 309 g/mol. The molecular weight excluding hydrogens is 289 g/mol. The van der Waals surface area contributed by atoms with Gasteiger partial charge in [0.2, 0.25) is 0 Å². The van der Waals surface area contributed by atoms with Gasteiger partial charge in [-0.05, 0) is 37.8 Å². The maximum Gasteiger partial charge on any atom is 0.303 e. The minimum Gasteiger partial charge on any atom is -0.494 e. The predicted octanol–water partition coefficient (Wildman–Crippen LogP) is 2.69. The summed E-state index contributed by atoms with van der Waals surface area (Å²) >= 11 is 0. The highest BCUT2D eigenvalue weighted by molar-refractivity contribution is 5.95. The molecule has 1 saturated heterocycles. The second kappa shape index (κ2) is 7.24. The van der Waals surface area contributed by atoms with Gasteiger partial charge in [-0.15, -0.1) is 0 Å². The van der Waals surface area contributed by atoms with Gasteiger partial charge in [-0.1, -0.05) is 6.07 Å². The van der Waals surface area contributed by atoms with Crippen LogP contribution in [0.25, 0.3) is 0 Å². The lowest BCUT2D eigenvalue weighted by atomic mass is 9.96. The van der Waals surface area contributed by atoms with E-state index >= 15 is 0 Å². The molecule has 1 aliphatic heterocycles. The number of aliphatic carboxylic acids is 1. The Morgan fingerprint density at radius 2 is 2.18 bits per heavy atom. The van der Waals surface area contributed by atoms with Gasteiger partial charge in [-0.3, -0.25) is 9.59 Å². The van der Waals surface area contributed by atoms with Crippen LogP contribution in [0.2, 0.25) is 0 Å². The van der Waals surface area contributed by atoms with Gasteiger partial charge in [-0.2, -0.15) is 0 Å². The van der Waals surface area contributed by atoms with Gasteiger partial charge in [0.05, 0.1) is 12.7 Å². The first-order valence-corrected chi connectivity index (χ1v) is 7.40. The van der Waals surface area contributed by atoms with Gasteiger partial charge in [0, 0.05) is 19.0 Å². The summed E-state index contributed by atoms with van der Waals surface area (Å²) in [5, 5.41) is 8.82.